The molecule has 0 heterocycles. The number of nitrogens with one attached hydrogen (secondary N) is 2. The van der Waals surface area contributed by atoms with Crippen molar-refractivity contribution in [3.8, 4) is 11.5 Å². The Hall–Kier alpha value is -3.43. The summed E-state index contributed by atoms with van der Waals surface area (Å²) >= 11 is 0. The van der Waals surface area contributed by atoms with Crippen LogP contribution in [0.5, 0.6) is 11.5 Å². The molecule has 0 radical (unpaired) electrons. The molecule has 7 nitrogen and oxygen atoms in total. The van der Waals surface area contributed by atoms with E-state index in [1.54, 1.807) is 31.3 Å². The normalized spacial score (nSPS) is 11.7. The molecule has 0 atom stereocenters. The zero-order valence-corrected chi connectivity index (χ0v) is 17.0. The summed E-state index contributed by atoms with van der Waals surface area (Å²) in [5.74, 6) is 0.800. The molecule has 0 bridgehead atoms. The van der Waals surface area contributed by atoms with E-state index in [9.17, 15) is 18.0 Å². The summed E-state index contributed by atoms with van der Waals surface area (Å²) in [4.78, 5) is 14.9. The van der Waals surface area contributed by atoms with E-state index < -0.39 is 18.7 Å². The Bertz CT molecular complexity index is 854. The summed E-state index contributed by atoms with van der Waals surface area (Å²) < 4.78 is 46.4. The number of primary amides is 1. The second-order valence-corrected chi connectivity index (χ2v) is 6.55. The third-order valence-corrected chi connectivity index (χ3v) is 4.02. The van der Waals surface area contributed by atoms with Gasteiger partial charge < -0.3 is 25.8 Å². The summed E-state index contributed by atoms with van der Waals surface area (Å²) in [6.07, 6.45) is -3.62. The molecule has 0 aliphatic heterocycles. The number of nitrogens with two attached hydrogens (primary N) is 1. The monoisotopic (exact) mass is 438 g/mol. The van der Waals surface area contributed by atoms with Crippen LogP contribution in [0.4, 0.5) is 13.2 Å². The number of aliphatic imine (C=N–C) groups is 1. The minimum atomic E-state index is -4.36. The second kappa shape index (κ2) is 11.7. The van der Waals surface area contributed by atoms with Gasteiger partial charge in [-0.05, 0) is 41.8 Å². The zero-order chi connectivity index (χ0) is 22.7. The quantitative estimate of drug-likeness (QED) is 0.391. The van der Waals surface area contributed by atoms with E-state index in [1.165, 1.54) is 12.1 Å². The number of amides is 1. The number of benzene rings is 2. The summed E-state index contributed by atoms with van der Waals surface area (Å²) in [5.41, 5.74) is 6.98. The van der Waals surface area contributed by atoms with Crippen LogP contribution in [0.2, 0.25) is 0 Å². The minimum absolute atomic E-state index is 0.161. The molecule has 2 aromatic rings. The maximum atomic E-state index is 12.2. The van der Waals surface area contributed by atoms with Crippen LogP contribution >= 0.6 is 0 Å². The summed E-state index contributed by atoms with van der Waals surface area (Å²) in [5, 5.41) is 6.33. The number of hydrogen-bond acceptors (Lipinski definition) is 4. The van der Waals surface area contributed by atoms with Crippen molar-refractivity contribution < 1.29 is 27.4 Å². The maximum absolute atomic E-state index is 12.2. The Morgan fingerprint density at radius 2 is 1.55 bits per heavy atom. The van der Waals surface area contributed by atoms with E-state index >= 15 is 0 Å². The molecule has 2 aromatic carbocycles. The Balaban J connectivity index is 1.72. The van der Waals surface area contributed by atoms with Crippen LogP contribution in [0, 0.1) is 0 Å². The summed E-state index contributed by atoms with van der Waals surface area (Å²) in [6, 6.07) is 13.7. The van der Waals surface area contributed by atoms with Gasteiger partial charge >= 0.3 is 6.18 Å². The Kier molecular flexibility index (Phi) is 8.98. The average Bonchev–Trinajstić information content (AvgIpc) is 2.74. The molecule has 1 amide bonds. The lowest BCUT2D eigenvalue weighted by molar-refractivity contribution is -0.153. The van der Waals surface area contributed by atoms with E-state index in [0.29, 0.717) is 24.8 Å². The van der Waals surface area contributed by atoms with Gasteiger partial charge in [-0.2, -0.15) is 13.2 Å². The Morgan fingerprint density at radius 3 is 2.10 bits per heavy atom. The smallest absolute Gasteiger partial charge is 0.422 e. The number of alkyl halides is 3. The fourth-order valence-electron chi connectivity index (χ4n) is 2.51. The number of rotatable bonds is 10. The molecule has 10 heteroatoms. The lowest BCUT2D eigenvalue weighted by atomic mass is 10.1. The molecule has 2 rings (SSSR count). The maximum Gasteiger partial charge on any atom is 0.422 e. The number of carbonyl (C=O) groups excluding carboxylic acids is 1. The highest BCUT2D eigenvalue weighted by atomic mass is 19.4. The van der Waals surface area contributed by atoms with Crippen LogP contribution in [-0.4, -0.2) is 44.8 Å². The number of carbonyl (C=O) groups is 1. The highest BCUT2D eigenvalue weighted by Crippen LogP contribution is 2.18. The molecule has 0 saturated carbocycles. The first-order chi connectivity index (χ1) is 14.7. The molecule has 0 spiro atoms. The van der Waals surface area contributed by atoms with Crippen LogP contribution in [0.3, 0.4) is 0 Å². The van der Waals surface area contributed by atoms with Crippen LogP contribution in [0.15, 0.2) is 53.5 Å². The van der Waals surface area contributed by atoms with Gasteiger partial charge in [0.15, 0.2) is 19.2 Å². The van der Waals surface area contributed by atoms with Gasteiger partial charge in [0.1, 0.15) is 11.5 Å². The van der Waals surface area contributed by atoms with E-state index in [4.69, 9.17) is 10.5 Å². The predicted molar refractivity (Wildman–Crippen MR) is 111 cm³/mol. The number of ether oxygens (including phenoxy) is 2. The third kappa shape index (κ3) is 9.75. The van der Waals surface area contributed by atoms with Gasteiger partial charge in [0.2, 0.25) is 0 Å². The van der Waals surface area contributed by atoms with Gasteiger partial charge in [-0.1, -0.05) is 24.3 Å². The molecule has 0 aromatic heterocycles. The highest BCUT2D eigenvalue weighted by molar-refractivity contribution is 5.79. The zero-order valence-electron chi connectivity index (χ0n) is 17.0. The van der Waals surface area contributed by atoms with E-state index in [0.717, 1.165) is 17.5 Å². The molecule has 0 fully saturated rings. The first-order valence-corrected chi connectivity index (χ1v) is 9.48. The van der Waals surface area contributed by atoms with Gasteiger partial charge in [-0.25, -0.2) is 0 Å². The topological polar surface area (TPSA) is 98.0 Å². The van der Waals surface area contributed by atoms with Crippen molar-refractivity contribution in [2.75, 3.05) is 26.8 Å². The van der Waals surface area contributed by atoms with Crippen LogP contribution in [0.25, 0.3) is 0 Å². The molecule has 168 valence electrons. The molecule has 31 heavy (non-hydrogen) atoms. The molecule has 0 unspecified atom stereocenters. The molecular weight excluding hydrogens is 413 g/mol. The average molecular weight is 438 g/mol. The molecule has 0 aliphatic carbocycles. The third-order valence-electron chi connectivity index (χ3n) is 4.02. The first kappa shape index (κ1) is 23.8. The van der Waals surface area contributed by atoms with Crippen molar-refractivity contribution >= 4 is 11.9 Å². The molecule has 0 aliphatic rings. The van der Waals surface area contributed by atoms with Gasteiger partial charge in [-0.15, -0.1) is 0 Å². The lowest BCUT2D eigenvalue weighted by Gasteiger charge is -2.13. The number of guanidine groups is 1. The van der Waals surface area contributed by atoms with E-state index in [-0.39, 0.29) is 12.4 Å². The van der Waals surface area contributed by atoms with E-state index in [1.807, 2.05) is 12.1 Å². The largest absolute Gasteiger partial charge is 0.484 e. The first-order valence-electron chi connectivity index (χ1n) is 9.48. The van der Waals surface area contributed by atoms with Crippen molar-refractivity contribution in [3.63, 3.8) is 0 Å². The highest BCUT2D eigenvalue weighted by Gasteiger charge is 2.28. The van der Waals surface area contributed by atoms with Crippen LogP contribution in [0.1, 0.15) is 11.1 Å². The van der Waals surface area contributed by atoms with Gasteiger partial charge in [0.25, 0.3) is 5.91 Å². The molecule has 4 N–H and O–H groups in total. The van der Waals surface area contributed by atoms with Crippen LogP contribution in [-0.2, 0) is 17.8 Å². The Morgan fingerprint density at radius 1 is 0.968 bits per heavy atom. The Labute approximate surface area is 178 Å². The van der Waals surface area contributed by atoms with Crippen molar-refractivity contribution in [1.29, 1.82) is 0 Å². The minimum Gasteiger partial charge on any atom is -0.484 e. The number of nitrogens with zero attached hydrogens (tertiary/aromatic N) is 1. The molecular formula is C21H25F3N4O3. The van der Waals surface area contributed by atoms with Crippen LogP contribution < -0.4 is 25.8 Å². The lowest BCUT2D eigenvalue weighted by Crippen LogP contribution is -2.37. The SMILES string of the molecule is CN=C(NCCc1ccc(OCC(N)=O)cc1)NCc1ccc(OCC(F)(F)F)cc1. The fourth-order valence-corrected chi connectivity index (χ4v) is 2.51. The fraction of sp³-hybridized carbons (Fsp3) is 0.333. The molecule has 0 saturated heterocycles. The van der Waals surface area contributed by atoms with Gasteiger partial charge in [0, 0.05) is 20.1 Å². The number of halogens is 3. The second-order valence-electron chi connectivity index (χ2n) is 6.55. The predicted octanol–water partition coefficient (Wildman–Crippen LogP) is 2.40. The van der Waals surface area contributed by atoms with Gasteiger partial charge in [-0.3, -0.25) is 9.79 Å². The van der Waals surface area contributed by atoms with Crippen molar-refractivity contribution in [2.45, 2.75) is 19.1 Å². The number of hydrogen-bond donors (Lipinski definition) is 3. The summed E-state index contributed by atoms with van der Waals surface area (Å²) in [7, 11) is 1.65. The van der Waals surface area contributed by atoms with Gasteiger partial charge in [0.05, 0.1) is 0 Å². The van der Waals surface area contributed by atoms with Crippen molar-refractivity contribution in [3.05, 3.63) is 59.7 Å². The standard InChI is InChI=1S/C21H25F3N4O3/c1-26-20(27-11-10-15-2-6-17(7-3-15)30-13-19(25)29)28-12-16-4-8-18(9-5-16)31-14-21(22,23)24/h2-9H,10-14H2,1H3,(H2,25,29)(H2,26,27,28). The van der Waals surface area contributed by atoms with E-state index in [2.05, 4.69) is 20.4 Å². The van der Waals surface area contributed by atoms with Crippen molar-refractivity contribution in [2.24, 2.45) is 10.7 Å². The van der Waals surface area contributed by atoms with Crippen molar-refractivity contribution in [1.82, 2.24) is 10.6 Å². The summed E-state index contributed by atoms with van der Waals surface area (Å²) in [6.45, 7) is -0.396.